The molecule has 2 fully saturated rings. The third-order valence-electron chi connectivity index (χ3n) is 8.03. The van der Waals surface area contributed by atoms with Crippen molar-refractivity contribution in [3.05, 3.63) is 94.8 Å². The van der Waals surface area contributed by atoms with E-state index in [-0.39, 0.29) is 29.7 Å². The van der Waals surface area contributed by atoms with Gasteiger partial charge in [0.05, 0.1) is 16.7 Å². The van der Waals surface area contributed by atoms with Crippen LogP contribution in [-0.4, -0.2) is 57.7 Å². The summed E-state index contributed by atoms with van der Waals surface area (Å²) in [5.41, 5.74) is 0.515. The second-order valence-corrected chi connectivity index (χ2v) is 10.7. The number of nitrogens with one attached hydrogen (secondary N) is 1. The summed E-state index contributed by atoms with van der Waals surface area (Å²) in [4.78, 5) is 53.1. The van der Waals surface area contributed by atoms with Gasteiger partial charge in [0.1, 0.15) is 11.8 Å². The molecule has 210 valence electrons. The number of carbonyl (C=O) groups is 4. The van der Waals surface area contributed by atoms with Crippen molar-refractivity contribution in [2.45, 2.75) is 43.9 Å². The van der Waals surface area contributed by atoms with Crippen LogP contribution in [0.2, 0.25) is 0 Å². The van der Waals surface area contributed by atoms with E-state index in [1.54, 1.807) is 36.4 Å². The van der Waals surface area contributed by atoms with Crippen LogP contribution in [0, 0.1) is 5.82 Å². The van der Waals surface area contributed by atoms with E-state index in [4.69, 9.17) is 4.74 Å². The Morgan fingerprint density at radius 2 is 1.66 bits per heavy atom. The van der Waals surface area contributed by atoms with Crippen LogP contribution in [0.5, 0.6) is 11.5 Å². The molecular formula is C31H28FN3O6. The van der Waals surface area contributed by atoms with Gasteiger partial charge in [-0.1, -0.05) is 30.3 Å². The number of ether oxygens (including phenoxy) is 1. The van der Waals surface area contributed by atoms with Gasteiger partial charge in [-0.2, -0.15) is 0 Å². The van der Waals surface area contributed by atoms with Crippen molar-refractivity contribution >= 4 is 23.6 Å². The second kappa shape index (κ2) is 10.5. The molecule has 3 aromatic carbocycles. The van der Waals surface area contributed by atoms with Gasteiger partial charge in [-0.3, -0.25) is 34.3 Å². The lowest BCUT2D eigenvalue weighted by molar-refractivity contribution is -0.136. The molecule has 3 heterocycles. The smallest absolute Gasteiger partial charge is 0.262 e. The zero-order chi connectivity index (χ0) is 28.7. The highest BCUT2D eigenvalue weighted by Gasteiger charge is 2.45. The van der Waals surface area contributed by atoms with Crippen LogP contribution in [0.3, 0.4) is 0 Å². The average Bonchev–Trinajstić information content (AvgIpc) is 3.21. The SMILES string of the molecule is O=C1CCC(N2C(=O)c3ccc(C4(O)CCN(Cc5ccc(F)c(Oc6ccccc6)c5)CC4)cc3C2=O)C(=O)N1. The Balaban J connectivity index is 1.13. The largest absolute Gasteiger partial charge is 0.454 e. The molecule has 3 aliphatic rings. The maximum atomic E-state index is 14.4. The van der Waals surface area contributed by atoms with Gasteiger partial charge in [-0.25, -0.2) is 4.39 Å². The minimum atomic E-state index is -1.21. The summed E-state index contributed by atoms with van der Waals surface area (Å²) < 4.78 is 20.1. The fourth-order valence-electron chi connectivity index (χ4n) is 5.73. The van der Waals surface area contributed by atoms with Crippen LogP contribution in [0.4, 0.5) is 4.39 Å². The lowest BCUT2D eigenvalue weighted by Gasteiger charge is -2.38. The van der Waals surface area contributed by atoms with Crippen molar-refractivity contribution in [2.24, 2.45) is 0 Å². The van der Waals surface area contributed by atoms with Gasteiger partial charge in [0.15, 0.2) is 11.6 Å². The normalized spacial score (nSPS) is 20.6. The van der Waals surface area contributed by atoms with Crippen molar-refractivity contribution in [1.82, 2.24) is 15.1 Å². The number of rotatable bonds is 6. The third kappa shape index (κ3) is 5.12. The van der Waals surface area contributed by atoms with Crippen LogP contribution < -0.4 is 10.1 Å². The van der Waals surface area contributed by atoms with Crippen LogP contribution in [0.25, 0.3) is 0 Å². The van der Waals surface area contributed by atoms with Crippen LogP contribution in [-0.2, 0) is 21.7 Å². The standard InChI is InChI=1S/C31H28FN3O6/c32-24-9-6-19(16-26(24)41-21-4-2-1-3-5-21)18-34-14-12-31(40,13-15-34)20-7-8-22-23(17-20)30(39)35(29(22)38)25-10-11-27(36)33-28(25)37/h1-9,16-17,25,40H,10-15,18H2,(H,33,36,37). The Morgan fingerprint density at radius 1 is 0.927 bits per heavy atom. The number of aliphatic hydroxyl groups is 1. The molecule has 0 spiro atoms. The Hall–Kier alpha value is -4.41. The maximum Gasteiger partial charge on any atom is 0.262 e. The molecular weight excluding hydrogens is 529 g/mol. The van der Waals surface area contributed by atoms with Crippen LogP contribution in [0.1, 0.15) is 57.5 Å². The summed E-state index contributed by atoms with van der Waals surface area (Å²) in [5.74, 6) is -2.05. The Morgan fingerprint density at radius 3 is 2.39 bits per heavy atom. The first-order valence-electron chi connectivity index (χ1n) is 13.5. The van der Waals surface area contributed by atoms with E-state index in [0.717, 1.165) is 10.5 Å². The van der Waals surface area contributed by atoms with E-state index in [1.807, 2.05) is 18.2 Å². The highest BCUT2D eigenvalue weighted by Crippen LogP contribution is 2.37. The van der Waals surface area contributed by atoms with E-state index >= 15 is 0 Å². The van der Waals surface area contributed by atoms with E-state index < -0.39 is 41.1 Å². The summed E-state index contributed by atoms with van der Waals surface area (Å²) in [6, 6.07) is 17.5. The van der Waals surface area contributed by atoms with Crippen molar-refractivity contribution in [2.75, 3.05) is 13.1 Å². The molecule has 1 atom stereocenters. The number of halogens is 1. The highest BCUT2D eigenvalue weighted by molar-refractivity contribution is 6.23. The topological polar surface area (TPSA) is 116 Å². The maximum absolute atomic E-state index is 14.4. The van der Waals surface area contributed by atoms with Gasteiger partial charge in [-0.05, 0) is 66.8 Å². The minimum absolute atomic E-state index is 0.0462. The van der Waals surface area contributed by atoms with Crippen molar-refractivity contribution in [3.63, 3.8) is 0 Å². The quantitative estimate of drug-likeness (QED) is 0.446. The van der Waals surface area contributed by atoms with Crippen molar-refractivity contribution < 1.29 is 33.4 Å². The molecule has 0 aromatic heterocycles. The number of carbonyl (C=O) groups excluding carboxylic acids is 4. The second-order valence-electron chi connectivity index (χ2n) is 10.7. The molecule has 0 bridgehead atoms. The summed E-state index contributed by atoms with van der Waals surface area (Å²) in [6.45, 7) is 1.64. The molecule has 3 aromatic rings. The number of amides is 4. The Bertz CT molecular complexity index is 1550. The first-order chi connectivity index (χ1) is 19.7. The number of likely N-dealkylation sites (tertiary alicyclic amines) is 1. The van der Waals surface area contributed by atoms with Gasteiger partial charge >= 0.3 is 0 Å². The molecule has 4 amide bonds. The predicted octanol–water partition coefficient (Wildman–Crippen LogP) is 3.50. The van der Waals surface area contributed by atoms with Gasteiger partial charge in [0, 0.05) is 26.1 Å². The number of nitrogens with zero attached hydrogens (tertiary/aromatic N) is 2. The van der Waals surface area contributed by atoms with Gasteiger partial charge < -0.3 is 9.84 Å². The molecule has 9 nitrogen and oxygen atoms in total. The molecule has 3 aliphatic heterocycles. The average molecular weight is 558 g/mol. The zero-order valence-corrected chi connectivity index (χ0v) is 22.1. The van der Waals surface area contributed by atoms with Crippen LogP contribution in [0.15, 0.2) is 66.7 Å². The number of para-hydroxylation sites is 1. The van der Waals surface area contributed by atoms with Gasteiger partial charge in [0.25, 0.3) is 11.8 Å². The molecule has 0 radical (unpaired) electrons. The molecule has 0 saturated carbocycles. The van der Waals surface area contributed by atoms with E-state index in [0.29, 0.717) is 43.8 Å². The van der Waals surface area contributed by atoms with Crippen molar-refractivity contribution in [1.29, 1.82) is 0 Å². The van der Waals surface area contributed by atoms with Gasteiger partial charge in [0.2, 0.25) is 11.8 Å². The summed E-state index contributed by atoms with van der Waals surface area (Å²) >= 11 is 0. The van der Waals surface area contributed by atoms with E-state index in [1.165, 1.54) is 12.1 Å². The number of hydrogen-bond donors (Lipinski definition) is 2. The lowest BCUT2D eigenvalue weighted by atomic mass is 9.83. The molecule has 1 unspecified atom stereocenters. The third-order valence-corrected chi connectivity index (χ3v) is 8.03. The molecule has 2 N–H and O–H groups in total. The predicted molar refractivity (Wildman–Crippen MR) is 144 cm³/mol. The lowest BCUT2D eigenvalue weighted by Crippen LogP contribution is -2.54. The zero-order valence-electron chi connectivity index (χ0n) is 22.1. The fraction of sp³-hybridized carbons (Fsp3) is 0.290. The molecule has 0 aliphatic carbocycles. The highest BCUT2D eigenvalue weighted by atomic mass is 19.1. The molecule has 6 rings (SSSR count). The monoisotopic (exact) mass is 557 g/mol. The minimum Gasteiger partial charge on any atom is -0.454 e. The summed E-state index contributed by atoms with van der Waals surface area (Å²) in [7, 11) is 0. The number of fused-ring (bicyclic) bond motifs is 1. The Labute approximate surface area is 235 Å². The number of imide groups is 2. The first-order valence-corrected chi connectivity index (χ1v) is 13.5. The van der Waals surface area contributed by atoms with Crippen molar-refractivity contribution in [3.8, 4) is 11.5 Å². The fourth-order valence-corrected chi connectivity index (χ4v) is 5.73. The molecule has 2 saturated heterocycles. The molecule has 41 heavy (non-hydrogen) atoms. The molecule has 10 heteroatoms. The summed E-state index contributed by atoms with van der Waals surface area (Å²) in [5, 5.41) is 13.7. The number of piperidine rings is 2. The first kappa shape index (κ1) is 26.8. The van der Waals surface area contributed by atoms with E-state index in [9.17, 15) is 28.7 Å². The summed E-state index contributed by atoms with van der Waals surface area (Å²) in [6.07, 6.45) is 0.903. The number of hydrogen-bond acceptors (Lipinski definition) is 7. The van der Waals surface area contributed by atoms with Crippen LogP contribution >= 0.6 is 0 Å². The van der Waals surface area contributed by atoms with E-state index in [2.05, 4.69) is 10.2 Å². The van der Waals surface area contributed by atoms with Gasteiger partial charge in [-0.15, -0.1) is 0 Å². The Kier molecular flexibility index (Phi) is 6.88. The number of benzene rings is 3.